The molecule has 20 atom stereocenters. The topological polar surface area (TPSA) is 404 Å². The van der Waals surface area contributed by atoms with Gasteiger partial charge in [0.2, 0.25) is 0 Å². The fourth-order valence-electron chi connectivity index (χ4n) is 7.52. The van der Waals surface area contributed by atoms with E-state index in [1.807, 2.05) is 0 Å². The number of ether oxygens (including phenoxy) is 6. The van der Waals surface area contributed by atoms with Gasteiger partial charge in [0.25, 0.3) is 11.8 Å². The van der Waals surface area contributed by atoms with E-state index in [9.17, 15) is 81.1 Å². The molecule has 328 valence electrons. The summed E-state index contributed by atoms with van der Waals surface area (Å²) in [5.41, 5.74) is -1.01. The van der Waals surface area contributed by atoms with Crippen molar-refractivity contribution in [2.75, 3.05) is 26.4 Å². The zero-order chi connectivity index (χ0) is 42.7. The fraction of sp³-hybridized carbons (Fsp3) is 0.812. The van der Waals surface area contributed by atoms with Gasteiger partial charge in [-0.2, -0.15) is 20.2 Å². The number of aliphatic hydroxyl groups excluding tert-OH is 14. The molecule has 4 unspecified atom stereocenters. The first-order valence-electron chi connectivity index (χ1n) is 18.1. The Labute approximate surface area is 327 Å². The minimum Gasteiger partial charge on any atom is -0.394 e. The van der Waals surface area contributed by atoms with E-state index in [2.05, 4.69) is 10.2 Å². The third-order valence-electron chi connectivity index (χ3n) is 10.8. The van der Waals surface area contributed by atoms with E-state index in [0.717, 1.165) is 0 Å². The molecule has 0 aromatic rings. The van der Waals surface area contributed by atoms with Gasteiger partial charge >= 0.3 is 0 Å². The lowest BCUT2D eigenvalue weighted by molar-refractivity contribution is -0.347. The maximum Gasteiger partial charge on any atom is 0.279 e. The van der Waals surface area contributed by atoms with Crippen molar-refractivity contribution in [2.24, 2.45) is 10.2 Å². The number of rotatable bonds is 10. The number of hydrogen-bond donors (Lipinski definition) is 14. The normalized spacial score (nSPS) is 47.8. The highest BCUT2D eigenvalue weighted by atomic mass is 16.7. The molecule has 6 aliphatic rings. The molecule has 0 bridgehead atoms. The first-order chi connectivity index (χ1) is 27.4. The first kappa shape index (κ1) is 44.8. The highest BCUT2D eigenvalue weighted by molar-refractivity contribution is 6.36. The van der Waals surface area contributed by atoms with Crippen molar-refractivity contribution in [1.29, 1.82) is 0 Å². The second-order valence-electron chi connectivity index (χ2n) is 14.5. The van der Waals surface area contributed by atoms with Crippen LogP contribution >= 0.6 is 0 Å². The van der Waals surface area contributed by atoms with Crippen LogP contribution in [0.25, 0.3) is 0 Å². The molecule has 6 heterocycles. The van der Waals surface area contributed by atoms with Gasteiger partial charge in [0.15, 0.2) is 25.0 Å². The van der Waals surface area contributed by atoms with E-state index in [0.29, 0.717) is 10.0 Å². The lowest BCUT2D eigenvalue weighted by Crippen LogP contribution is -2.66. The lowest BCUT2D eigenvalue weighted by atomic mass is 9.95. The molecule has 4 saturated heterocycles. The van der Waals surface area contributed by atoms with Gasteiger partial charge < -0.3 is 99.9 Å². The smallest absolute Gasteiger partial charge is 0.279 e. The Morgan fingerprint density at radius 2 is 0.793 bits per heavy atom. The zero-order valence-corrected chi connectivity index (χ0v) is 30.7. The zero-order valence-electron chi connectivity index (χ0n) is 30.7. The van der Waals surface area contributed by atoms with Crippen LogP contribution < -0.4 is 0 Å². The highest BCUT2D eigenvalue weighted by Crippen LogP contribution is 2.36. The Bertz CT molecular complexity index is 1500. The predicted molar refractivity (Wildman–Crippen MR) is 180 cm³/mol. The van der Waals surface area contributed by atoms with E-state index >= 15 is 0 Å². The summed E-state index contributed by atoms with van der Waals surface area (Å²) < 4.78 is 33.1. The van der Waals surface area contributed by atoms with Gasteiger partial charge in [-0.15, -0.1) is 0 Å². The van der Waals surface area contributed by atoms with Crippen molar-refractivity contribution in [2.45, 2.75) is 137 Å². The number of hydrazone groups is 2. The maximum atomic E-state index is 13.9. The molecule has 58 heavy (non-hydrogen) atoms. The molecule has 0 aromatic heterocycles. The second kappa shape index (κ2) is 17.7. The molecule has 26 nitrogen and oxygen atoms in total. The molecule has 6 rings (SSSR count). The molecule has 26 heteroatoms. The summed E-state index contributed by atoms with van der Waals surface area (Å²) in [4.78, 5) is 27.9. The quantitative estimate of drug-likeness (QED) is 0.0908. The molecule has 0 aromatic carbocycles. The molecule has 14 N–H and O–H groups in total. The number of carbonyl (C=O) groups excluding carboxylic acids is 2. The van der Waals surface area contributed by atoms with Crippen molar-refractivity contribution in [3.63, 3.8) is 0 Å². The monoisotopic (exact) mass is 840 g/mol. The van der Waals surface area contributed by atoms with Crippen molar-refractivity contribution in [3.05, 3.63) is 11.1 Å². The Hall–Kier alpha value is -2.78. The Morgan fingerprint density at radius 3 is 1.10 bits per heavy atom. The van der Waals surface area contributed by atoms with Crippen LogP contribution in [0.2, 0.25) is 0 Å². The van der Waals surface area contributed by atoms with Gasteiger partial charge in [-0.3, -0.25) is 9.59 Å². The van der Waals surface area contributed by atoms with Gasteiger partial charge in [0.05, 0.1) is 49.0 Å². The second-order valence-corrected chi connectivity index (χ2v) is 14.5. The van der Waals surface area contributed by atoms with Crippen LogP contribution in [0, 0.1) is 0 Å². The minimum absolute atomic E-state index is 0.123. The average molecular weight is 841 g/mol. The van der Waals surface area contributed by atoms with Crippen molar-refractivity contribution in [3.8, 4) is 0 Å². The Kier molecular flexibility index (Phi) is 13.6. The molecule has 0 radical (unpaired) electrons. The molecule has 0 spiro atoms. The van der Waals surface area contributed by atoms with Gasteiger partial charge in [-0.1, -0.05) is 0 Å². The maximum absolute atomic E-state index is 13.9. The van der Waals surface area contributed by atoms with Crippen LogP contribution in [0.15, 0.2) is 21.3 Å². The molecule has 0 aliphatic carbocycles. The van der Waals surface area contributed by atoms with E-state index in [4.69, 9.17) is 28.4 Å². The van der Waals surface area contributed by atoms with Crippen LogP contribution in [-0.2, 0) is 38.0 Å². The van der Waals surface area contributed by atoms with Crippen molar-refractivity contribution < 1.29 is 110 Å². The third-order valence-corrected chi connectivity index (χ3v) is 10.8. The van der Waals surface area contributed by atoms with Gasteiger partial charge in [-0.05, 0) is 13.8 Å². The summed E-state index contributed by atoms with van der Waals surface area (Å²) in [5, 5.41) is 154. The fourth-order valence-corrected chi connectivity index (χ4v) is 7.52. The number of amides is 2. The Morgan fingerprint density at radius 1 is 0.466 bits per heavy atom. The van der Waals surface area contributed by atoms with Crippen LogP contribution in [0.3, 0.4) is 0 Å². The average Bonchev–Trinajstić information content (AvgIpc) is 3.66. The van der Waals surface area contributed by atoms with Crippen LogP contribution in [0.5, 0.6) is 0 Å². The third kappa shape index (κ3) is 7.71. The van der Waals surface area contributed by atoms with Crippen LogP contribution in [-0.4, -0.2) is 254 Å². The number of aliphatic hydroxyl groups is 14. The van der Waals surface area contributed by atoms with Crippen molar-refractivity contribution >= 4 is 23.2 Å². The van der Waals surface area contributed by atoms with E-state index in [-0.39, 0.29) is 22.6 Å². The highest BCUT2D eigenvalue weighted by Gasteiger charge is 2.56. The summed E-state index contributed by atoms with van der Waals surface area (Å²) >= 11 is 0. The SMILES string of the molecule is CC1=NN(C2O[C@H](CO)[C@@H](OC3O[C@H](CO)[C@H](O)[C@H](O)[C@H]3O)[C@H](O)[C@H]2O)C(=O)/C1=C1/C(=O)N(C2O[C@H](CO)[C@@H](OC3O[C@H](CO)[C@H](O)[C@H](O)[C@H]3O)[C@H](O)[C@H]2O)N=C1C. The van der Waals surface area contributed by atoms with Gasteiger partial charge in [-0.25, -0.2) is 0 Å². The van der Waals surface area contributed by atoms with Gasteiger partial charge in [0, 0.05) is 0 Å². The van der Waals surface area contributed by atoms with Crippen molar-refractivity contribution in [1.82, 2.24) is 10.0 Å². The van der Waals surface area contributed by atoms with E-state index < -0.39 is 161 Å². The molecule has 4 fully saturated rings. The van der Waals surface area contributed by atoms with E-state index in [1.54, 1.807) is 0 Å². The summed E-state index contributed by atoms with van der Waals surface area (Å²) in [6.45, 7) is -0.826. The summed E-state index contributed by atoms with van der Waals surface area (Å²) in [6, 6.07) is 0. The summed E-state index contributed by atoms with van der Waals surface area (Å²) in [5.74, 6) is -2.13. The molecule has 2 amide bonds. The Balaban J connectivity index is 1.17. The number of nitrogens with zero attached hydrogens (tertiary/aromatic N) is 4. The number of hydrogen-bond acceptors (Lipinski definition) is 24. The standard InChI is InChI=1S/C32H48N4O22/c1-7-13(27(51)35(33-7)29-21(47)19(45)25(11(5-39)53-29)57-31-23(49)17(43)15(41)9(3-37)55-31)14-8(2)34-36(28(14)52)30-22(48)20(46)26(12(6-40)54-30)58-32-24(50)18(44)16(42)10(4-38)56-32/h9-12,15-26,29-32,37-50H,3-6H2,1-2H3/b14-13+/t9-,10-,11-,12-,15+,16+,17+,18+,19-,20-,21-,22-,23-,24-,25-,26-,29?,30?,31?,32?/m1/s1. The van der Waals surface area contributed by atoms with E-state index in [1.165, 1.54) is 13.8 Å². The number of carbonyl (C=O) groups is 2. The predicted octanol–water partition coefficient (Wildman–Crippen LogP) is -10.0. The minimum atomic E-state index is -2.05. The first-order valence-corrected chi connectivity index (χ1v) is 18.1. The van der Waals surface area contributed by atoms with Crippen LogP contribution in [0.4, 0.5) is 0 Å². The lowest BCUT2D eigenvalue weighted by Gasteiger charge is -2.47. The largest absolute Gasteiger partial charge is 0.394 e. The van der Waals surface area contributed by atoms with Gasteiger partial charge in [0.1, 0.15) is 97.7 Å². The molecular weight excluding hydrogens is 792 g/mol. The summed E-state index contributed by atoms with van der Waals surface area (Å²) in [6.07, 6.45) is -35.7. The summed E-state index contributed by atoms with van der Waals surface area (Å²) in [7, 11) is 0. The molecule has 6 aliphatic heterocycles. The molecule has 0 saturated carbocycles. The molecular formula is C32H48N4O22. The van der Waals surface area contributed by atoms with Crippen LogP contribution in [0.1, 0.15) is 13.8 Å².